The molecule has 0 saturated carbocycles. The second kappa shape index (κ2) is 10.5. The van der Waals surface area contributed by atoms with Crippen LogP contribution in [0.3, 0.4) is 0 Å². The van der Waals surface area contributed by atoms with Crippen molar-refractivity contribution in [3.63, 3.8) is 0 Å². The zero-order valence-electron chi connectivity index (χ0n) is 18.9. The number of sulfonamides is 1. The molecule has 7 nitrogen and oxygen atoms in total. The molecule has 0 amide bonds. The Kier molecular flexibility index (Phi) is 7.42. The Balaban J connectivity index is 1.40. The summed E-state index contributed by atoms with van der Waals surface area (Å²) in [5, 5.41) is 6.88. The number of aromatic nitrogens is 1. The molecule has 1 aliphatic heterocycles. The molecule has 1 fully saturated rings. The molecule has 33 heavy (non-hydrogen) atoms. The lowest BCUT2D eigenvalue weighted by Crippen LogP contribution is -2.31. The molecule has 2 heterocycles. The van der Waals surface area contributed by atoms with E-state index >= 15 is 0 Å². The van der Waals surface area contributed by atoms with Crippen LogP contribution in [0, 0.1) is 0 Å². The summed E-state index contributed by atoms with van der Waals surface area (Å²) >= 11 is 1.45. The summed E-state index contributed by atoms with van der Waals surface area (Å²) < 4.78 is 27.5. The molecule has 1 N–H and O–H groups in total. The normalized spacial score (nSPS) is 15.5. The molecule has 0 bridgehead atoms. The number of benzene rings is 2. The van der Waals surface area contributed by atoms with Gasteiger partial charge in [0, 0.05) is 43.8 Å². The van der Waals surface area contributed by atoms with E-state index in [4.69, 9.17) is 0 Å². The minimum absolute atomic E-state index is 0.339. The predicted molar refractivity (Wildman–Crippen MR) is 137 cm³/mol. The van der Waals surface area contributed by atoms with Crippen molar-refractivity contribution in [3.8, 4) is 11.3 Å². The number of thiazole rings is 1. The lowest BCUT2D eigenvalue weighted by molar-refractivity contribution is 0.424. The number of hydrogen-bond acceptors (Lipinski definition) is 7. The zero-order chi connectivity index (χ0) is 23.3. The Morgan fingerprint density at radius 1 is 1.00 bits per heavy atom. The first kappa shape index (κ1) is 23.4. The van der Waals surface area contributed by atoms with E-state index in [2.05, 4.69) is 15.5 Å². The molecule has 4 rings (SSSR count). The van der Waals surface area contributed by atoms with Gasteiger partial charge in [-0.1, -0.05) is 37.1 Å². The van der Waals surface area contributed by atoms with E-state index in [1.807, 2.05) is 60.8 Å². The Hall–Kier alpha value is -2.75. The van der Waals surface area contributed by atoms with Gasteiger partial charge in [0.15, 0.2) is 0 Å². The van der Waals surface area contributed by atoms with E-state index in [1.165, 1.54) is 11.3 Å². The maximum atomic E-state index is 13.0. The lowest BCUT2D eigenvalue weighted by atomic mass is 10.2. The molecule has 0 unspecified atom stereocenters. The first-order chi connectivity index (χ1) is 15.9. The van der Waals surface area contributed by atoms with Crippen LogP contribution in [0.15, 0.2) is 63.9 Å². The Labute approximate surface area is 199 Å². The van der Waals surface area contributed by atoms with Gasteiger partial charge in [0.2, 0.25) is 15.2 Å². The summed E-state index contributed by atoms with van der Waals surface area (Å²) in [6, 6.07) is 15.1. The van der Waals surface area contributed by atoms with Crippen LogP contribution in [0.2, 0.25) is 0 Å². The summed E-state index contributed by atoms with van der Waals surface area (Å²) in [6.45, 7) is 1.21. The molecule has 1 aromatic heterocycles. The third-order valence-corrected chi connectivity index (χ3v) is 8.30. The van der Waals surface area contributed by atoms with Gasteiger partial charge in [0.1, 0.15) is 0 Å². The molecule has 174 valence electrons. The SMILES string of the molecule is CN(C)c1ccc(/C=N\Nc2nc(-c3ccc(S(=O)(=O)N4CCCCCC4)cc3)cs2)cc1. The number of nitrogens with zero attached hydrogens (tertiary/aromatic N) is 4. The summed E-state index contributed by atoms with van der Waals surface area (Å²) in [7, 11) is 0.570. The molecule has 3 aromatic rings. The summed E-state index contributed by atoms with van der Waals surface area (Å²) in [6.07, 6.45) is 5.80. The van der Waals surface area contributed by atoms with Crippen molar-refractivity contribution in [1.82, 2.24) is 9.29 Å². The van der Waals surface area contributed by atoms with Crippen molar-refractivity contribution in [2.45, 2.75) is 30.6 Å². The highest BCUT2D eigenvalue weighted by molar-refractivity contribution is 7.89. The Morgan fingerprint density at radius 2 is 1.67 bits per heavy atom. The highest BCUT2D eigenvalue weighted by Crippen LogP contribution is 2.27. The van der Waals surface area contributed by atoms with Crippen LogP contribution in [0.4, 0.5) is 10.8 Å². The number of hydrogen-bond donors (Lipinski definition) is 1. The van der Waals surface area contributed by atoms with Crippen LogP contribution in [0.25, 0.3) is 11.3 Å². The third-order valence-electron chi connectivity index (χ3n) is 5.64. The maximum absolute atomic E-state index is 13.0. The van der Waals surface area contributed by atoms with Gasteiger partial charge in [-0.25, -0.2) is 13.4 Å². The number of nitrogens with one attached hydrogen (secondary N) is 1. The van der Waals surface area contributed by atoms with Crippen LogP contribution in [-0.2, 0) is 10.0 Å². The molecule has 0 atom stereocenters. The molecular weight excluding hydrogens is 454 g/mol. The fourth-order valence-corrected chi connectivity index (χ4v) is 5.89. The van der Waals surface area contributed by atoms with Crippen molar-refractivity contribution in [3.05, 3.63) is 59.5 Å². The molecule has 0 radical (unpaired) electrons. The highest BCUT2D eigenvalue weighted by Gasteiger charge is 2.25. The smallest absolute Gasteiger partial charge is 0.243 e. The Morgan fingerprint density at radius 3 is 2.30 bits per heavy atom. The fourth-order valence-electron chi connectivity index (χ4n) is 3.71. The van der Waals surface area contributed by atoms with Gasteiger partial charge in [-0.05, 0) is 42.7 Å². The molecular formula is C24H29N5O2S2. The molecule has 0 aliphatic carbocycles. The van der Waals surface area contributed by atoms with E-state index in [1.54, 1.807) is 22.7 Å². The quantitative estimate of drug-likeness (QED) is 0.383. The minimum atomic E-state index is -3.44. The predicted octanol–water partition coefficient (Wildman–Crippen LogP) is 4.89. The van der Waals surface area contributed by atoms with Gasteiger partial charge in [0.25, 0.3) is 0 Å². The largest absolute Gasteiger partial charge is 0.378 e. The molecule has 1 saturated heterocycles. The minimum Gasteiger partial charge on any atom is -0.378 e. The van der Waals surface area contributed by atoms with E-state index in [-0.39, 0.29) is 0 Å². The van der Waals surface area contributed by atoms with Crippen molar-refractivity contribution >= 4 is 38.4 Å². The van der Waals surface area contributed by atoms with E-state index < -0.39 is 10.0 Å². The van der Waals surface area contributed by atoms with Crippen LogP contribution >= 0.6 is 11.3 Å². The average Bonchev–Trinajstić information content (AvgIpc) is 3.11. The molecule has 9 heteroatoms. The molecule has 1 aliphatic rings. The molecule has 0 spiro atoms. The third kappa shape index (κ3) is 5.79. The Bertz CT molecular complexity index is 1180. The van der Waals surface area contributed by atoms with E-state index in [0.29, 0.717) is 23.1 Å². The first-order valence-corrected chi connectivity index (χ1v) is 13.4. The van der Waals surface area contributed by atoms with Gasteiger partial charge >= 0.3 is 0 Å². The fraction of sp³-hybridized carbons (Fsp3) is 0.333. The average molecular weight is 484 g/mol. The van der Waals surface area contributed by atoms with Gasteiger partial charge in [-0.3, -0.25) is 5.43 Å². The maximum Gasteiger partial charge on any atom is 0.243 e. The van der Waals surface area contributed by atoms with Crippen molar-refractivity contribution < 1.29 is 8.42 Å². The van der Waals surface area contributed by atoms with Crippen LogP contribution in [0.5, 0.6) is 0 Å². The summed E-state index contributed by atoms with van der Waals surface area (Å²) in [4.78, 5) is 6.96. The second-order valence-corrected chi connectivity index (χ2v) is 11.0. The number of anilines is 2. The lowest BCUT2D eigenvalue weighted by Gasteiger charge is -2.19. The monoisotopic (exact) mass is 483 g/mol. The number of rotatable bonds is 7. The van der Waals surface area contributed by atoms with Crippen molar-refractivity contribution in [2.24, 2.45) is 5.10 Å². The molecule has 2 aromatic carbocycles. The van der Waals surface area contributed by atoms with Gasteiger partial charge < -0.3 is 4.90 Å². The summed E-state index contributed by atoms with van der Waals surface area (Å²) in [5.74, 6) is 0. The van der Waals surface area contributed by atoms with Gasteiger partial charge in [-0.15, -0.1) is 11.3 Å². The topological polar surface area (TPSA) is 77.9 Å². The van der Waals surface area contributed by atoms with Crippen LogP contribution in [-0.4, -0.2) is 51.1 Å². The number of hydrazone groups is 1. The first-order valence-electron chi connectivity index (χ1n) is 11.1. The standard InChI is InChI=1S/C24H29N5O2S2/c1-28(2)21-11-7-19(8-12-21)17-25-27-24-26-23(18-32-24)20-9-13-22(14-10-20)33(30,31)29-15-5-3-4-6-16-29/h7-14,17-18H,3-6,15-16H2,1-2H3,(H,26,27)/b25-17-. The van der Waals surface area contributed by atoms with E-state index in [9.17, 15) is 8.42 Å². The van der Waals surface area contributed by atoms with Crippen molar-refractivity contribution in [2.75, 3.05) is 37.5 Å². The van der Waals surface area contributed by atoms with Crippen LogP contribution < -0.4 is 10.3 Å². The van der Waals surface area contributed by atoms with Gasteiger partial charge in [0.05, 0.1) is 16.8 Å². The highest BCUT2D eigenvalue weighted by atomic mass is 32.2. The van der Waals surface area contributed by atoms with Gasteiger partial charge in [-0.2, -0.15) is 9.41 Å². The van der Waals surface area contributed by atoms with Crippen molar-refractivity contribution in [1.29, 1.82) is 0 Å². The summed E-state index contributed by atoms with van der Waals surface area (Å²) in [5.41, 5.74) is 6.75. The zero-order valence-corrected chi connectivity index (χ0v) is 20.6. The van der Waals surface area contributed by atoms with Crippen LogP contribution in [0.1, 0.15) is 31.2 Å². The van der Waals surface area contributed by atoms with E-state index in [0.717, 1.165) is 48.2 Å². The second-order valence-electron chi connectivity index (χ2n) is 8.24.